The van der Waals surface area contributed by atoms with E-state index in [0.29, 0.717) is 22.6 Å². The van der Waals surface area contributed by atoms with Gasteiger partial charge in [-0.1, -0.05) is 19.3 Å². The number of benzene rings is 1. The second kappa shape index (κ2) is 8.05. The highest BCUT2D eigenvalue weighted by Crippen LogP contribution is 2.26. The average molecular weight is 354 g/mol. The third kappa shape index (κ3) is 4.05. The summed E-state index contributed by atoms with van der Waals surface area (Å²) in [5.74, 6) is 0.525. The van der Waals surface area contributed by atoms with Gasteiger partial charge in [0.05, 0.1) is 5.39 Å². The molecule has 0 unspecified atom stereocenters. The van der Waals surface area contributed by atoms with E-state index in [1.165, 1.54) is 31.4 Å². The van der Waals surface area contributed by atoms with Crippen LogP contribution in [0.5, 0.6) is 5.75 Å². The Morgan fingerprint density at radius 1 is 1.35 bits per heavy atom. The van der Waals surface area contributed by atoms with Gasteiger partial charge in [-0.3, -0.25) is 9.59 Å². The summed E-state index contributed by atoms with van der Waals surface area (Å²) in [6, 6.07) is 7.82. The number of nitriles is 1. The summed E-state index contributed by atoms with van der Waals surface area (Å²) in [6.45, 7) is 1.90. The molecule has 1 aromatic carbocycles. The third-order valence-electron chi connectivity index (χ3n) is 4.94. The fourth-order valence-electron chi connectivity index (χ4n) is 3.48. The molecule has 2 aromatic rings. The molecule has 0 radical (unpaired) electrons. The van der Waals surface area contributed by atoms with E-state index in [0.717, 1.165) is 12.8 Å². The Morgan fingerprint density at radius 3 is 2.85 bits per heavy atom. The van der Waals surface area contributed by atoms with Crippen molar-refractivity contribution in [3.8, 4) is 11.8 Å². The zero-order valence-electron chi connectivity index (χ0n) is 14.8. The predicted octanol–water partition coefficient (Wildman–Crippen LogP) is 3.39. The number of fused-ring (bicyclic) bond motifs is 1. The second-order valence-corrected chi connectivity index (χ2v) is 6.74. The molecule has 6 nitrogen and oxygen atoms in total. The summed E-state index contributed by atoms with van der Waals surface area (Å²) in [5.41, 5.74) is 0.00130. The molecule has 0 spiro atoms. The number of amides is 1. The molecule has 0 saturated heterocycles. The predicted molar refractivity (Wildman–Crippen MR) is 97.1 cm³/mol. The molecule has 1 aliphatic carbocycles. The molecule has 1 heterocycles. The number of carbonyl (C=O) groups excluding carboxylic acids is 1. The fraction of sp³-hybridized carbons (Fsp3) is 0.450. The van der Waals surface area contributed by atoms with Gasteiger partial charge in [0.15, 0.2) is 17.8 Å². The molecule has 3 rings (SSSR count). The molecular formula is C20H22N2O4. The van der Waals surface area contributed by atoms with Crippen LogP contribution in [0.2, 0.25) is 0 Å². The molecule has 1 amide bonds. The quantitative estimate of drug-likeness (QED) is 0.888. The number of rotatable bonds is 5. The molecule has 1 fully saturated rings. The van der Waals surface area contributed by atoms with Crippen LogP contribution in [0.1, 0.15) is 49.6 Å². The van der Waals surface area contributed by atoms with Gasteiger partial charge in [-0.2, -0.15) is 5.26 Å². The summed E-state index contributed by atoms with van der Waals surface area (Å²) >= 11 is 0. The van der Waals surface area contributed by atoms with E-state index < -0.39 is 0 Å². The van der Waals surface area contributed by atoms with E-state index in [4.69, 9.17) is 14.4 Å². The smallest absolute Gasteiger partial charge is 0.287 e. The summed E-state index contributed by atoms with van der Waals surface area (Å²) in [5, 5.41) is 11.8. The van der Waals surface area contributed by atoms with Crippen LogP contribution in [-0.4, -0.2) is 18.6 Å². The van der Waals surface area contributed by atoms with E-state index >= 15 is 0 Å². The summed E-state index contributed by atoms with van der Waals surface area (Å²) < 4.78 is 10.8. The van der Waals surface area contributed by atoms with Crippen LogP contribution in [0.25, 0.3) is 11.0 Å². The van der Waals surface area contributed by atoms with Crippen molar-refractivity contribution in [1.29, 1.82) is 5.26 Å². The largest absolute Gasteiger partial charge is 0.479 e. The van der Waals surface area contributed by atoms with Crippen LogP contribution < -0.4 is 15.5 Å². The molecule has 0 aliphatic heterocycles. The SMILES string of the molecule is C[C@H](NC(=O)c1cc(=O)c2cc(OCC#N)ccc2o1)C1CCCCC1. The lowest BCUT2D eigenvalue weighted by molar-refractivity contribution is 0.0891. The van der Waals surface area contributed by atoms with E-state index in [1.54, 1.807) is 12.1 Å². The Balaban J connectivity index is 1.78. The van der Waals surface area contributed by atoms with Crippen molar-refractivity contribution in [1.82, 2.24) is 5.32 Å². The van der Waals surface area contributed by atoms with Gasteiger partial charge >= 0.3 is 0 Å². The minimum atomic E-state index is -0.369. The topological polar surface area (TPSA) is 92.3 Å². The van der Waals surface area contributed by atoms with E-state index in [2.05, 4.69) is 5.32 Å². The maximum absolute atomic E-state index is 12.5. The van der Waals surface area contributed by atoms with Crippen LogP contribution >= 0.6 is 0 Å². The molecule has 1 aromatic heterocycles. The first kappa shape index (κ1) is 18.0. The van der Waals surface area contributed by atoms with Crippen LogP contribution in [0.15, 0.2) is 33.5 Å². The van der Waals surface area contributed by atoms with Gasteiger partial charge in [0.2, 0.25) is 0 Å². The van der Waals surface area contributed by atoms with Crippen molar-refractivity contribution < 1.29 is 13.9 Å². The fourth-order valence-corrected chi connectivity index (χ4v) is 3.48. The van der Waals surface area contributed by atoms with Crippen LogP contribution in [0, 0.1) is 17.2 Å². The highest BCUT2D eigenvalue weighted by Gasteiger charge is 2.23. The maximum Gasteiger partial charge on any atom is 0.287 e. The van der Waals surface area contributed by atoms with Crippen molar-refractivity contribution in [2.45, 2.75) is 45.1 Å². The number of hydrogen-bond donors (Lipinski definition) is 1. The van der Waals surface area contributed by atoms with Gasteiger partial charge in [0.1, 0.15) is 17.4 Å². The average Bonchev–Trinajstić information content (AvgIpc) is 2.67. The van der Waals surface area contributed by atoms with E-state index in [1.807, 2.05) is 13.0 Å². The first-order chi connectivity index (χ1) is 12.6. The highest BCUT2D eigenvalue weighted by molar-refractivity contribution is 5.93. The van der Waals surface area contributed by atoms with Crippen molar-refractivity contribution in [2.75, 3.05) is 6.61 Å². The molecule has 0 bridgehead atoms. The Bertz CT molecular complexity index is 891. The Hall–Kier alpha value is -2.81. The second-order valence-electron chi connectivity index (χ2n) is 6.74. The summed E-state index contributed by atoms with van der Waals surface area (Å²) in [4.78, 5) is 24.9. The van der Waals surface area contributed by atoms with Gasteiger partial charge in [0, 0.05) is 12.1 Å². The lowest BCUT2D eigenvalue weighted by Gasteiger charge is -2.28. The molecule has 1 aliphatic rings. The van der Waals surface area contributed by atoms with Crippen LogP contribution in [-0.2, 0) is 0 Å². The van der Waals surface area contributed by atoms with E-state index in [9.17, 15) is 9.59 Å². The summed E-state index contributed by atoms with van der Waals surface area (Å²) in [7, 11) is 0. The minimum absolute atomic E-state index is 0.0100. The lowest BCUT2D eigenvalue weighted by Crippen LogP contribution is -2.39. The van der Waals surface area contributed by atoms with E-state index in [-0.39, 0.29) is 29.7 Å². The van der Waals surface area contributed by atoms with Gasteiger partial charge in [0.25, 0.3) is 5.91 Å². The number of nitrogens with one attached hydrogen (secondary N) is 1. The molecular weight excluding hydrogens is 332 g/mol. The first-order valence-corrected chi connectivity index (χ1v) is 8.97. The van der Waals surface area contributed by atoms with Crippen molar-refractivity contribution in [3.05, 3.63) is 40.2 Å². The zero-order valence-corrected chi connectivity index (χ0v) is 14.8. The third-order valence-corrected chi connectivity index (χ3v) is 4.94. The number of hydrogen-bond acceptors (Lipinski definition) is 5. The van der Waals surface area contributed by atoms with Gasteiger partial charge < -0.3 is 14.5 Å². The molecule has 136 valence electrons. The van der Waals surface area contributed by atoms with Gasteiger partial charge in [-0.05, 0) is 43.9 Å². The Labute approximate surface area is 151 Å². The standard InChI is InChI=1S/C20H22N2O4/c1-13(14-5-3-2-4-6-14)22-20(24)19-12-17(23)16-11-15(25-10-9-21)7-8-18(16)26-19/h7-8,11-14H,2-6,10H2,1H3,(H,22,24)/t13-/m0/s1. The van der Waals surface area contributed by atoms with Crippen molar-refractivity contribution in [2.24, 2.45) is 5.92 Å². The van der Waals surface area contributed by atoms with Crippen molar-refractivity contribution in [3.63, 3.8) is 0 Å². The van der Waals surface area contributed by atoms with Crippen LogP contribution in [0.3, 0.4) is 0 Å². The zero-order chi connectivity index (χ0) is 18.5. The number of nitrogens with zero attached hydrogens (tertiary/aromatic N) is 1. The highest BCUT2D eigenvalue weighted by atomic mass is 16.5. The monoisotopic (exact) mass is 354 g/mol. The summed E-state index contributed by atoms with van der Waals surface area (Å²) in [6.07, 6.45) is 5.90. The number of ether oxygens (including phenoxy) is 1. The number of carbonyl (C=O) groups is 1. The lowest BCUT2D eigenvalue weighted by atomic mass is 9.84. The first-order valence-electron chi connectivity index (χ1n) is 8.97. The molecule has 1 saturated carbocycles. The van der Waals surface area contributed by atoms with Crippen molar-refractivity contribution >= 4 is 16.9 Å². The molecule has 6 heteroatoms. The van der Waals surface area contributed by atoms with Crippen LogP contribution in [0.4, 0.5) is 0 Å². The molecule has 1 atom stereocenters. The normalized spacial score (nSPS) is 16.0. The Kier molecular flexibility index (Phi) is 5.57. The Morgan fingerprint density at radius 2 is 2.12 bits per heavy atom. The van der Waals surface area contributed by atoms with Gasteiger partial charge in [-0.25, -0.2) is 0 Å². The van der Waals surface area contributed by atoms with Gasteiger partial charge in [-0.15, -0.1) is 0 Å². The molecule has 1 N–H and O–H groups in total. The maximum atomic E-state index is 12.5. The minimum Gasteiger partial charge on any atom is -0.479 e. The molecule has 26 heavy (non-hydrogen) atoms.